The monoisotopic (exact) mass is 320 g/mol. The number of alkyl carbamates (subject to hydrolysis) is 1. The molecule has 1 amide bonds. The van der Waals surface area contributed by atoms with Crippen LogP contribution in [-0.2, 0) is 16.1 Å². The number of rotatable bonds is 6. The van der Waals surface area contributed by atoms with E-state index in [2.05, 4.69) is 10.3 Å². The third kappa shape index (κ3) is 4.56. The van der Waals surface area contributed by atoms with E-state index in [-0.39, 0.29) is 13.0 Å². The predicted octanol–water partition coefficient (Wildman–Crippen LogP) is 2.89. The van der Waals surface area contributed by atoms with E-state index < -0.39 is 18.1 Å². The van der Waals surface area contributed by atoms with Crippen LogP contribution in [0.15, 0.2) is 35.8 Å². The van der Waals surface area contributed by atoms with Gasteiger partial charge in [0.25, 0.3) is 0 Å². The predicted molar refractivity (Wildman–Crippen MR) is 81.6 cm³/mol. The molecule has 116 valence electrons. The van der Waals surface area contributed by atoms with Crippen LogP contribution >= 0.6 is 11.3 Å². The molecule has 2 rings (SSSR count). The lowest BCUT2D eigenvalue weighted by Gasteiger charge is -2.16. The van der Waals surface area contributed by atoms with Crippen LogP contribution in [0.1, 0.15) is 28.6 Å². The third-order valence-electron chi connectivity index (χ3n) is 2.98. The van der Waals surface area contributed by atoms with Crippen LogP contribution in [0.4, 0.5) is 4.79 Å². The number of nitrogens with one attached hydrogen (secondary N) is 1. The van der Waals surface area contributed by atoms with Gasteiger partial charge in [0.15, 0.2) is 0 Å². The minimum absolute atomic E-state index is 0.133. The van der Waals surface area contributed by atoms with Crippen LogP contribution < -0.4 is 5.32 Å². The van der Waals surface area contributed by atoms with Crippen molar-refractivity contribution < 1.29 is 19.4 Å². The number of aromatic nitrogens is 1. The Balaban J connectivity index is 1.96. The molecule has 2 N–H and O–H groups in total. The minimum Gasteiger partial charge on any atom is -0.481 e. The highest BCUT2D eigenvalue weighted by Crippen LogP contribution is 2.24. The molecule has 2 aromatic rings. The van der Waals surface area contributed by atoms with Crippen LogP contribution in [0.5, 0.6) is 0 Å². The lowest BCUT2D eigenvalue weighted by molar-refractivity contribution is -0.137. The molecule has 0 spiro atoms. The average Bonchev–Trinajstić information content (AvgIpc) is 2.91. The molecule has 1 aromatic heterocycles. The Morgan fingerprint density at radius 1 is 1.36 bits per heavy atom. The molecule has 1 heterocycles. The SMILES string of the molecule is Cc1ncsc1C(CC(=O)O)NC(=O)OCc1ccccc1. The van der Waals surface area contributed by atoms with Gasteiger partial charge in [-0.2, -0.15) is 0 Å². The summed E-state index contributed by atoms with van der Waals surface area (Å²) in [4.78, 5) is 27.6. The zero-order valence-electron chi connectivity index (χ0n) is 12.0. The summed E-state index contributed by atoms with van der Waals surface area (Å²) < 4.78 is 5.12. The van der Waals surface area contributed by atoms with Crippen molar-refractivity contribution in [2.75, 3.05) is 0 Å². The second kappa shape index (κ2) is 7.56. The smallest absolute Gasteiger partial charge is 0.407 e. The number of amides is 1. The van der Waals surface area contributed by atoms with Crippen molar-refractivity contribution in [3.8, 4) is 0 Å². The number of ether oxygens (including phenoxy) is 1. The van der Waals surface area contributed by atoms with E-state index in [4.69, 9.17) is 9.84 Å². The largest absolute Gasteiger partial charge is 0.481 e. The second-order valence-corrected chi connectivity index (χ2v) is 5.54. The van der Waals surface area contributed by atoms with Crippen molar-refractivity contribution in [1.82, 2.24) is 10.3 Å². The normalized spacial score (nSPS) is 11.7. The first-order chi connectivity index (χ1) is 10.6. The number of hydrogen-bond donors (Lipinski definition) is 2. The number of nitrogens with zero attached hydrogens (tertiary/aromatic N) is 1. The number of carboxylic acids is 1. The topological polar surface area (TPSA) is 88.5 Å². The number of carboxylic acid groups (broad SMARTS) is 1. The molecule has 1 aromatic carbocycles. The van der Waals surface area contributed by atoms with E-state index >= 15 is 0 Å². The number of carbonyl (C=O) groups is 2. The van der Waals surface area contributed by atoms with Gasteiger partial charge in [-0.25, -0.2) is 9.78 Å². The summed E-state index contributed by atoms with van der Waals surface area (Å²) >= 11 is 1.31. The van der Waals surface area contributed by atoms with Crippen LogP contribution in [0, 0.1) is 6.92 Å². The number of carbonyl (C=O) groups excluding carboxylic acids is 1. The fourth-order valence-electron chi connectivity index (χ4n) is 1.94. The van der Waals surface area contributed by atoms with Gasteiger partial charge in [0.05, 0.1) is 28.5 Å². The molecule has 0 saturated carbocycles. The number of aryl methyl sites for hydroxylation is 1. The van der Waals surface area contributed by atoms with Crippen LogP contribution in [-0.4, -0.2) is 22.2 Å². The zero-order chi connectivity index (χ0) is 15.9. The maximum Gasteiger partial charge on any atom is 0.407 e. The highest BCUT2D eigenvalue weighted by atomic mass is 32.1. The van der Waals surface area contributed by atoms with Gasteiger partial charge < -0.3 is 15.2 Å². The van der Waals surface area contributed by atoms with E-state index in [1.807, 2.05) is 30.3 Å². The first kappa shape index (κ1) is 16.0. The van der Waals surface area contributed by atoms with Crippen molar-refractivity contribution in [3.05, 3.63) is 52.0 Å². The number of thiazole rings is 1. The van der Waals surface area contributed by atoms with E-state index in [0.717, 1.165) is 10.4 Å². The number of hydrogen-bond acceptors (Lipinski definition) is 5. The van der Waals surface area contributed by atoms with Gasteiger partial charge in [-0.15, -0.1) is 11.3 Å². The molecular formula is C15H16N2O4S. The fourth-order valence-corrected chi connectivity index (χ4v) is 2.79. The highest BCUT2D eigenvalue weighted by Gasteiger charge is 2.22. The van der Waals surface area contributed by atoms with E-state index in [1.165, 1.54) is 11.3 Å². The number of aliphatic carboxylic acids is 1. The molecule has 0 aliphatic heterocycles. The second-order valence-electron chi connectivity index (χ2n) is 4.66. The van der Waals surface area contributed by atoms with Crippen LogP contribution in [0.3, 0.4) is 0 Å². The third-order valence-corrected chi connectivity index (χ3v) is 4.03. The standard InChI is InChI=1S/C15H16N2O4S/c1-10-14(22-9-16-10)12(7-13(18)19)17-15(20)21-8-11-5-3-2-4-6-11/h2-6,9,12H,7-8H2,1H3,(H,17,20)(H,18,19). The van der Waals surface area contributed by atoms with Crippen LogP contribution in [0.2, 0.25) is 0 Å². The first-order valence-electron chi connectivity index (χ1n) is 6.65. The first-order valence-corrected chi connectivity index (χ1v) is 7.53. The molecular weight excluding hydrogens is 304 g/mol. The van der Waals surface area contributed by atoms with Gasteiger partial charge >= 0.3 is 12.1 Å². The molecule has 7 heteroatoms. The summed E-state index contributed by atoms with van der Waals surface area (Å²) in [5, 5.41) is 11.6. The summed E-state index contributed by atoms with van der Waals surface area (Å²) in [5.41, 5.74) is 3.19. The van der Waals surface area contributed by atoms with Crippen LogP contribution in [0.25, 0.3) is 0 Å². The van der Waals surface area contributed by atoms with Crippen molar-refractivity contribution in [2.45, 2.75) is 26.0 Å². The lowest BCUT2D eigenvalue weighted by atomic mass is 10.1. The van der Waals surface area contributed by atoms with Gasteiger partial charge in [-0.3, -0.25) is 4.79 Å². The Morgan fingerprint density at radius 2 is 2.09 bits per heavy atom. The maximum atomic E-state index is 11.9. The molecule has 6 nitrogen and oxygen atoms in total. The van der Waals surface area contributed by atoms with Crippen molar-refractivity contribution in [1.29, 1.82) is 0 Å². The quantitative estimate of drug-likeness (QED) is 0.854. The van der Waals surface area contributed by atoms with Gasteiger partial charge in [0.1, 0.15) is 6.61 Å². The van der Waals surface area contributed by atoms with Gasteiger partial charge in [-0.05, 0) is 12.5 Å². The number of benzene rings is 1. The summed E-state index contributed by atoms with van der Waals surface area (Å²) in [6.07, 6.45) is -0.869. The van der Waals surface area contributed by atoms with Gasteiger partial charge in [0.2, 0.25) is 0 Å². The Labute approximate surface area is 131 Å². The fraction of sp³-hybridized carbons (Fsp3) is 0.267. The molecule has 1 atom stereocenters. The minimum atomic E-state index is -0.999. The summed E-state index contributed by atoms with van der Waals surface area (Å²) in [5.74, 6) is -0.999. The molecule has 0 aliphatic carbocycles. The molecule has 1 unspecified atom stereocenters. The Hall–Kier alpha value is -2.41. The summed E-state index contributed by atoms with van der Waals surface area (Å²) in [6.45, 7) is 1.91. The Bertz CT molecular complexity index is 642. The lowest BCUT2D eigenvalue weighted by Crippen LogP contribution is -2.30. The van der Waals surface area contributed by atoms with Gasteiger partial charge in [0, 0.05) is 0 Å². The zero-order valence-corrected chi connectivity index (χ0v) is 12.8. The van der Waals surface area contributed by atoms with E-state index in [0.29, 0.717) is 5.69 Å². The van der Waals surface area contributed by atoms with E-state index in [1.54, 1.807) is 12.4 Å². The summed E-state index contributed by atoms with van der Waals surface area (Å²) in [6, 6.07) is 8.62. The van der Waals surface area contributed by atoms with Gasteiger partial charge in [-0.1, -0.05) is 30.3 Å². The molecule has 0 saturated heterocycles. The van der Waals surface area contributed by atoms with E-state index in [9.17, 15) is 9.59 Å². The molecule has 22 heavy (non-hydrogen) atoms. The average molecular weight is 320 g/mol. The molecule has 0 fully saturated rings. The van der Waals surface area contributed by atoms with Crippen molar-refractivity contribution >= 4 is 23.4 Å². The Kier molecular flexibility index (Phi) is 5.48. The highest BCUT2D eigenvalue weighted by molar-refractivity contribution is 7.09. The summed E-state index contributed by atoms with van der Waals surface area (Å²) in [7, 11) is 0. The van der Waals surface area contributed by atoms with Crippen molar-refractivity contribution in [2.24, 2.45) is 0 Å². The molecule has 0 bridgehead atoms. The maximum absolute atomic E-state index is 11.9. The molecule has 0 radical (unpaired) electrons. The molecule has 0 aliphatic rings. The van der Waals surface area contributed by atoms with Crippen molar-refractivity contribution in [3.63, 3.8) is 0 Å². The Morgan fingerprint density at radius 3 is 2.68 bits per heavy atom.